The largest absolute Gasteiger partial charge is 0.379 e. The lowest BCUT2D eigenvalue weighted by atomic mass is 9.75. The maximum Gasteiger partial charge on any atom is 0.252 e. The van der Waals surface area contributed by atoms with Gasteiger partial charge in [0.25, 0.3) is 5.91 Å². The number of carbonyl (C=O) groups excluding carboxylic acids is 1. The highest BCUT2D eigenvalue weighted by Crippen LogP contribution is 2.32. The lowest BCUT2D eigenvalue weighted by molar-refractivity contribution is -0.137. The van der Waals surface area contributed by atoms with Crippen molar-refractivity contribution < 1.29 is 9.90 Å². The van der Waals surface area contributed by atoms with E-state index in [0.717, 1.165) is 18.6 Å². The van der Waals surface area contributed by atoms with E-state index in [0.29, 0.717) is 18.7 Å². The average Bonchev–Trinajstić information content (AvgIpc) is 2.98. The SMILES string of the molecule is CCC(CC)(CNC(=O)C1(O)CCSC1)c1ccccc1. The van der Waals surface area contributed by atoms with Gasteiger partial charge in [0.05, 0.1) is 0 Å². The number of aliphatic hydroxyl groups is 1. The Balaban J connectivity index is 2.09. The first-order valence-corrected chi connectivity index (χ1v) is 8.86. The summed E-state index contributed by atoms with van der Waals surface area (Å²) in [5, 5.41) is 13.3. The molecule has 0 aromatic heterocycles. The van der Waals surface area contributed by atoms with Crippen LogP contribution in [0.25, 0.3) is 0 Å². The minimum atomic E-state index is -1.17. The molecule has 1 aromatic carbocycles. The van der Waals surface area contributed by atoms with Crippen LogP contribution in [0.5, 0.6) is 0 Å². The van der Waals surface area contributed by atoms with Gasteiger partial charge in [0.15, 0.2) is 5.60 Å². The number of carbonyl (C=O) groups is 1. The lowest BCUT2D eigenvalue weighted by Crippen LogP contribution is -2.50. The first kappa shape index (κ1) is 16.4. The summed E-state index contributed by atoms with van der Waals surface area (Å²) in [6.07, 6.45) is 2.47. The van der Waals surface area contributed by atoms with Crippen LogP contribution in [-0.2, 0) is 10.2 Å². The van der Waals surface area contributed by atoms with Gasteiger partial charge in [0, 0.05) is 17.7 Å². The molecule has 0 aliphatic carbocycles. The van der Waals surface area contributed by atoms with Gasteiger partial charge in [-0.3, -0.25) is 4.79 Å². The summed E-state index contributed by atoms with van der Waals surface area (Å²) < 4.78 is 0. The number of amides is 1. The van der Waals surface area contributed by atoms with Crippen LogP contribution in [0.3, 0.4) is 0 Å². The summed E-state index contributed by atoms with van der Waals surface area (Å²) in [4.78, 5) is 12.3. The minimum Gasteiger partial charge on any atom is -0.379 e. The van der Waals surface area contributed by atoms with E-state index in [-0.39, 0.29) is 11.3 Å². The molecule has 1 amide bonds. The molecule has 21 heavy (non-hydrogen) atoms. The molecule has 0 radical (unpaired) electrons. The lowest BCUT2D eigenvalue weighted by Gasteiger charge is -2.34. The maximum absolute atomic E-state index is 12.3. The topological polar surface area (TPSA) is 49.3 Å². The monoisotopic (exact) mass is 307 g/mol. The standard InChI is InChI=1S/C17H25NO2S/c1-3-16(4-2,14-8-6-5-7-9-14)12-18-15(19)17(20)10-11-21-13-17/h5-9,20H,3-4,10-13H2,1-2H3,(H,18,19). The van der Waals surface area contributed by atoms with Gasteiger partial charge in [-0.05, 0) is 30.6 Å². The molecule has 0 saturated carbocycles. The smallest absolute Gasteiger partial charge is 0.252 e. The van der Waals surface area contributed by atoms with Crippen molar-refractivity contribution in [2.24, 2.45) is 0 Å². The average molecular weight is 307 g/mol. The first-order valence-electron chi connectivity index (χ1n) is 7.70. The Hall–Kier alpha value is -1.00. The quantitative estimate of drug-likeness (QED) is 0.849. The second-order valence-electron chi connectivity index (χ2n) is 5.87. The molecule has 4 heteroatoms. The van der Waals surface area contributed by atoms with Crippen LogP contribution in [0, 0.1) is 0 Å². The van der Waals surface area contributed by atoms with Crippen LogP contribution in [0.2, 0.25) is 0 Å². The number of rotatable bonds is 6. The Kier molecular flexibility index (Phi) is 5.33. The molecule has 2 rings (SSSR count). The molecule has 1 aliphatic heterocycles. The van der Waals surface area contributed by atoms with Crippen LogP contribution < -0.4 is 5.32 Å². The Labute approximate surface area is 131 Å². The Morgan fingerprint density at radius 3 is 2.52 bits per heavy atom. The van der Waals surface area contributed by atoms with Crippen LogP contribution in [0.15, 0.2) is 30.3 Å². The predicted octanol–water partition coefficient (Wildman–Crippen LogP) is 2.73. The fourth-order valence-electron chi connectivity index (χ4n) is 2.95. The van der Waals surface area contributed by atoms with Crippen LogP contribution in [0.4, 0.5) is 0 Å². The molecule has 3 nitrogen and oxygen atoms in total. The summed E-state index contributed by atoms with van der Waals surface area (Å²) in [6, 6.07) is 10.3. The third kappa shape index (κ3) is 3.43. The van der Waals surface area contributed by atoms with Gasteiger partial charge in [-0.25, -0.2) is 0 Å². The molecule has 1 unspecified atom stereocenters. The van der Waals surface area contributed by atoms with Crippen molar-refractivity contribution in [3.8, 4) is 0 Å². The highest BCUT2D eigenvalue weighted by molar-refractivity contribution is 7.99. The normalized spacial score (nSPS) is 22.2. The molecule has 1 saturated heterocycles. The third-order valence-corrected chi connectivity index (χ3v) is 5.93. The van der Waals surface area contributed by atoms with E-state index in [1.54, 1.807) is 11.8 Å². The zero-order valence-electron chi connectivity index (χ0n) is 12.9. The molecule has 1 aromatic rings. The number of nitrogens with one attached hydrogen (secondary N) is 1. The van der Waals surface area contributed by atoms with Crippen LogP contribution in [0.1, 0.15) is 38.7 Å². The second kappa shape index (κ2) is 6.84. The van der Waals surface area contributed by atoms with Gasteiger partial charge >= 0.3 is 0 Å². The predicted molar refractivity (Wildman–Crippen MR) is 88.6 cm³/mol. The third-order valence-electron chi connectivity index (χ3n) is 4.75. The van der Waals surface area contributed by atoms with Gasteiger partial charge < -0.3 is 10.4 Å². The molecule has 1 atom stereocenters. The van der Waals surface area contributed by atoms with Gasteiger partial charge in [-0.2, -0.15) is 11.8 Å². The molecule has 0 bridgehead atoms. The van der Waals surface area contributed by atoms with Crippen molar-refractivity contribution in [3.05, 3.63) is 35.9 Å². The molecule has 116 valence electrons. The van der Waals surface area contributed by atoms with Crippen LogP contribution in [-0.4, -0.2) is 34.7 Å². The molecule has 1 fully saturated rings. The maximum atomic E-state index is 12.3. The number of benzene rings is 1. The second-order valence-corrected chi connectivity index (χ2v) is 6.98. The molecule has 2 N–H and O–H groups in total. The van der Waals surface area contributed by atoms with Crippen molar-refractivity contribution in [3.63, 3.8) is 0 Å². The van der Waals surface area contributed by atoms with E-state index >= 15 is 0 Å². The van der Waals surface area contributed by atoms with Crippen molar-refractivity contribution >= 4 is 17.7 Å². The van der Waals surface area contributed by atoms with Crippen molar-refractivity contribution in [1.29, 1.82) is 0 Å². The summed E-state index contributed by atoms with van der Waals surface area (Å²) >= 11 is 1.64. The van der Waals surface area contributed by atoms with Crippen molar-refractivity contribution in [2.45, 2.75) is 44.1 Å². The van der Waals surface area contributed by atoms with Gasteiger partial charge in [0.1, 0.15) is 0 Å². The molecule has 0 spiro atoms. The van der Waals surface area contributed by atoms with E-state index < -0.39 is 5.60 Å². The van der Waals surface area contributed by atoms with Gasteiger partial charge in [-0.1, -0.05) is 44.2 Å². The highest BCUT2D eigenvalue weighted by Gasteiger charge is 2.40. The Morgan fingerprint density at radius 1 is 1.33 bits per heavy atom. The number of hydrogen-bond donors (Lipinski definition) is 2. The minimum absolute atomic E-state index is 0.0565. The van der Waals surface area contributed by atoms with E-state index in [4.69, 9.17) is 0 Å². The highest BCUT2D eigenvalue weighted by atomic mass is 32.2. The zero-order chi connectivity index (χ0) is 15.3. The number of hydrogen-bond acceptors (Lipinski definition) is 3. The van der Waals surface area contributed by atoms with Gasteiger partial charge in [-0.15, -0.1) is 0 Å². The molecular weight excluding hydrogens is 282 g/mol. The molecular formula is C17H25NO2S. The van der Waals surface area contributed by atoms with E-state index in [1.807, 2.05) is 18.2 Å². The molecule has 1 heterocycles. The Bertz CT molecular complexity index is 465. The fourth-order valence-corrected chi connectivity index (χ4v) is 4.19. The van der Waals surface area contributed by atoms with Crippen LogP contribution >= 0.6 is 11.8 Å². The summed E-state index contributed by atoms with van der Waals surface area (Å²) in [6.45, 7) is 4.89. The van der Waals surface area contributed by atoms with E-state index in [2.05, 4.69) is 31.3 Å². The number of thioether (sulfide) groups is 1. The van der Waals surface area contributed by atoms with E-state index in [1.165, 1.54) is 5.56 Å². The van der Waals surface area contributed by atoms with E-state index in [9.17, 15) is 9.90 Å². The summed E-state index contributed by atoms with van der Waals surface area (Å²) in [7, 11) is 0. The summed E-state index contributed by atoms with van der Waals surface area (Å²) in [5.41, 5.74) is 0.0243. The molecule has 1 aliphatic rings. The first-order chi connectivity index (χ1) is 10.1. The summed E-state index contributed by atoms with van der Waals surface area (Å²) in [5.74, 6) is 1.15. The zero-order valence-corrected chi connectivity index (χ0v) is 13.7. The van der Waals surface area contributed by atoms with Gasteiger partial charge in [0.2, 0.25) is 0 Å². The fraction of sp³-hybridized carbons (Fsp3) is 0.588. The Morgan fingerprint density at radius 2 is 2.00 bits per heavy atom. The van der Waals surface area contributed by atoms with Crippen molar-refractivity contribution in [2.75, 3.05) is 18.1 Å². The van der Waals surface area contributed by atoms with Crippen molar-refractivity contribution in [1.82, 2.24) is 5.32 Å².